The maximum atomic E-state index is 5.60. The first-order chi connectivity index (χ1) is 5.49. The Hall–Kier alpha value is 0.0569. The van der Waals surface area contributed by atoms with E-state index in [2.05, 4.69) is 0 Å². The largest absolute Gasteiger partial charge is 0.376 e. The van der Waals surface area contributed by atoms with Crippen molar-refractivity contribution in [3.8, 4) is 0 Å². The Morgan fingerprint density at radius 3 is 1.67 bits per heavy atom. The molecular weight excluding hydrogens is 174 g/mol. The van der Waals surface area contributed by atoms with Crippen molar-refractivity contribution in [1.82, 2.24) is 0 Å². The molecular formula is C7H19NO3Si. The van der Waals surface area contributed by atoms with Gasteiger partial charge in [0.1, 0.15) is 5.22 Å². The van der Waals surface area contributed by atoms with Crippen LogP contribution in [0, 0.1) is 0 Å². The molecule has 0 saturated heterocycles. The molecule has 0 bridgehead atoms. The first-order valence-electron chi connectivity index (χ1n) is 3.85. The van der Waals surface area contributed by atoms with Gasteiger partial charge in [-0.2, -0.15) is 0 Å². The van der Waals surface area contributed by atoms with Crippen molar-refractivity contribution in [1.29, 1.82) is 0 Å². The minimum Gasteiger partial charge on any atom is -0.376 e. The Morgan fingerprint density at radius 1 is 1.17 bits per heavy atom. The van der Waals surface area contributed by atoms with Crippen molar-refractivity contribution < 1.29 is 14.2 Å². The van der Waals surface area contributed by atoms with Gasteiger partial charge in [0.05, 0.1) is 10.2 Å². The van der Waals surface area contributed by atoms with Crippen LogP contribution in [-0.2, 0) is 14.2 Å². The van der Waals surface area contributed by atoms with Crippen LogP contribution in [0.4, 0.5) is 0 Å². The summed E-state index contributed by atoms with van der Waals surface area (Å²) in [5.41, 5.74) is 5.60. The van der Waals surface area contributed by atoms with Gasteiger partial charge in [0.25, 0.3) is 0 Å². The standard InChI is InChI=1S/C7H19NO3Si/c1-6(9-2,10-3)7(12,5-8)11-4/h5,8H2,1-4,12H3. The molecule has 4 nitrogen and oxygen atoms in total. The number of methoxy groups -OCH3 is 3. The van der Waals surface area contributed by atoms with Crippen LogP contribution in [-0.4, -0.2) is 49.1 Å². The topological polar surface area (TPSA) is 53.7 Å². The number of hydrogen-bond donors (Lipinski definition) is 1. The molecule has 5 heteroatoms. The number of ether oxygens (including phenoxy) is 3. The maximum Gasteiger partial charge on any atom is 0.191 e. The van der Waals surface area contributed by atoms with E-state index in [9.17, 15) is 0 Å². The average Bonchev–Trinajstić information content (AvgIpc) is 2.15. The number of rotatable bonds is 5. The minimum absolute atomic E-state index is 0.397. The summed E-state index contributed by atoms with van der Waals surface area (Å²) < 4.78 is 15.8. The molecule has 1 atom stereocenters. The maximum absolute atomic E-state index is 5.60. The third-order valence-corrected chi connectivity index (χ3v) is 4.30. The predicted octanol–water partition coefficient (Wildman–Crippen LogP) is -1.34. The van der Waals surface area contributed by atoms with Gasteiger partial charge in [-0.3, -0.25) is 0 Å². The van der Waals surface area contributed by atoms with E-state index in [0.717, 1.165) is 10.2 Å². The monoisotopic (exact) mass is 193 g/mol. The fourth-order valence-electron chi connectivity index (χ4n) is 0.969. The highest BCUT2D eigenvalue weighted by molar-refractivity contribution is 6.15. The second-order valence-electron chi connectivity index (χ2n) is 2.99. The van der Waals surface area contributed by atoms with Crippen molar-refractivity contribution >= 4 is 10.2 Å². The molecule has 0 aliphatic rings. The summed E-state index contributed by atoms with van der Waals surface area (Å²) in [6.45, 7) is 2.23. The highest BCUT2D eigenvalue weighted by Gasteiger charge is 2.44. The lowest BCUT2D eigenvalue weighted by atomic mass is 10.1. The summed E-state index contributed by atoms with van der Waals surface area (Å²) >= 11 is 0. The molecule has 0 fully saturated rings. The molecule has 0 amide bonds. The van der Waals surface area contributed by atoms with Crippen LogP contribution in [0.2, 0.25) is 0 Å². The van der Waals surface area contributed by atoms with E-state index in [1.165, 1.54) is 0 Å². The fraction of sp³-hybridized carbons (Fsp3) is 1.00. The highest BCUT2D eigenvalue weighted by atomic mass is 28.1. The summed E-state index contributed by atoms with van der Waals surface area (Å²) in [5.74, 6) is -0.747. The fourth-order valence-corrected chi connectivity index (χ4v) is 1.38. The van der Waals surface area contributed by atoms with Gasteiger partial charge in [-0.1, -0.05) is 0 Å². The summed E-state index contributed by atoms with van der Waals surface area (Å²) in [5, 5.41) is -0.490. The van der Waals surface area contributed by atoms with E-state index in [-0.39, 0.29) is 0 Å². The molecule has 0 rings (SSSR count). The van der Waals surface area contributed by atoms with Gasteiger partial charge in [-0.25, -0.2) is 0 Å². The normalized spacial score (nSPS) is 17.8. The van der Waals surface area contributed by atoms with Crippen LogP contribution in [0.1, 0.15) is 6.92 Å². The van der Waals surface area contributed by atoms with E-state index >= 15 is 0 Å². The highest BCUT2D eigenvalue weighted by Crippen LogP contribution is 2.25. The van der Waals surface area contributed by atoms with Crippen molar-refractivity contribution in [2.24, 2.45) is 5.73 Å². The third-order valence-electron chi connectivity index (χ3n) is 2.58. The Bertz CT molecular complexity index is 119. The summed E-state index contributed by atoms with van der Waals surface area (Å²) in [6.07, 6.45) is 0. The molecule has 0 saturated carbocycles. The Morgan fingerprint density at radius 2 is 1.58 bits per heavy atom. The lowest BCUT2D eigenvalue weighted by molar-refractivity contribution is -0.266. The minimum atomic E-state index is -0.747. The molecule has 1 unspecified atom stereocenters. The predicted molar refractivity (Wildman–Crippen MR) is 51.2 cm³/mol. The zero-order valence-corrected chi connectivity index (χ0v) is 10.5. The SMILES string of the molecule is COC([SiH3])(CN)C(C)(OC)OC. The molecule has 2 N–H and O–H groups in total. The Kier molecular flexibility index (Phi) is 4.36. The molecule has 0 aliphatic heterocycles. The molecule has 0 aliphatic carbocycles. The van der Waals surface area contributed by atoms with Gasteiger partial charge in [0.2, 0.25) is 0 Å². The first-order valence-corrected chi connectivity index (χ1v) is 4.85. The number of hydrogen-bond acceptors (Lipinski definition) is 4. The molecule has 74 valence electrons. The smallest absolute Gasteiger partial charge is 0.191 e. The Balaban J connectivity index is 4.66. The van der Waals surface area contributed by atoms with E-state index in [4.69, 9.17) is 19.9 Å². The molecule has 0 spiro atoms. The summed E-state index contributed by atoms with van der Waals surface area (Å²) in [4.78, 5) is 0. The van der Waals surface area contributed by atoms with Crippen molar-refractivity contribution in [3.63, 3.8) is 0 Å². The van der Waals surface area contributed by atoms with Gasteiger partial charge in [0, 0.05) is 27.9 Å². The molecule has 0 aromatic rings. The average molecular weight is 193 g/mol. The quantitative estimate of drug-likeness (QED) is 0.434. The molecule has 0 aromatic heterocycles. The third kappa shape index (κ3) is 1.86. The molecule has 0 aromatic carbocycles. The zero-order chi connectivity index (χ0) is 9.83. The number of nitrogens with two attached hydrogens (primary N) is 1. The lowest BCUT2D eigenvalue weighted by Crippen LogP contribution is -2.60. The van der Waals surface area contributed by atoms with Crippen LogP contribution in [0.3, 0.4) is 0 Å². The second kappa shape index (κ2) is 4.34. The van der Waals surface area contributed by atoms with E-state index in [1.807, 2.05) is 6.92 Å². The first kappa shape index (κ1) is 12.1. The molecule has 0 radical (unpaired) electrons. The zero-order valence-electron chi connectivity index (χ0n) is 8.51. The summed E-state index contributed by atoms with van der Waals surface area (Å²) in [6, 6.07) is 0. The van der Waals surface area contributed by atoms with E-state index in [0.29, 0.717) is 6.54 Å². The van der Waals surface area contributed by atoms with E-state index in [1.54, 1.807) is 21.3 Å². The van der Waals surface area contributed by atoms with Crippen LogP contribution in [0.25, 0.3) is 0 Å². The van der Waals surface area contributed by atoms with Crippen molar-refractivity contribution in [3.05, 3.63) is 0 Å². The van der Waals surface area contributed by atoms with Crippen LogP contribution < -0.4 is 5.73 Å². The Labute approximate surface area is 76.8 Å². The van der Waals surface area contributed by atoms with Gasteiger partial charge in [-0.15, -0.1) is 0 Å². The van der Waals surface area contributed by atoms with Crippen molar-refractivity contribution in [2.75, 3.05) is 27.9 Å². The molecule has 0 heterocycles. The lowest BCUT2D eigenvalue weighted by Gasteiger charge is -2.42. The van der Waals surface area contributed by atoms with Gasteiger partial charge in [-0.05, 0) is 6.92 Å². The van der Waals surface area contributed by atoms with Crippen LogP contribution in [0.5, 0.6) is 0 Å². The van der Waals surface area contributed by atoms with Gasteiger partial charge in [0.15, 0.2) is 5.79 Å². The van der Waals surface area contributed by atoms with Crippen LogP contribution in [0.15, 0.2) is 0 Å². The van der Waals surface area contributed by atoms with E-state index < -0.39 is 11.0 Å². The van der Waals surface area contributed by atoms with Crippen molar-refractivity contribution in [2.45, 2.75) is 17.9 Å². The van der Waals surface area contributed by atoms with Gasteiger partial charge >= 0.3 is 0 Å². The van der Waals surface area contributed by atoms with Crippen LogP contribution >= 0.6 is 0 Å². The summed E-state index contributed by atoms with van der Waals surface area (Å²) in [7, 11) is 5.55. The molecule has 12 heavy (non-hydrogen) atoms. The van der Waals surface area contributed by atoms with Gasteiger partial charge < -0.3 is 19.9 Å². The second-order valence-corrected chi connectivity index (χ2v) is 4.61.